The Bertz CT molecular complexity index is 573. The molecular formula is C14H18BrN3. The topological polar surface area (TPSA) is 43.8 Å². The lowest BCUT2D eigenvalue weighted by Gasteiger charge is -2.06. The van der Waals surface area contributed by atoms with Crippen molar-refractivity contribution in [2.24, 2.45) is 5.73 Å². The molecule has 2 rings (SSSR count). The third-order valence-electron chi connectivity index (χ3n) is 3.17. The van der Waals surface area contributed by atoms with Gasteiger partial charge < -0.3 is 5.73 Å². The van der Waals surface area contributed by atoms with Crippen molar-refractivity contribution < 1.29 is 0 Å². The second-order valence-electron chi connectivity index (χ2n) is 4.52. The van der Waals surface area contributed by atoms with E-state index in [-0.39, 0.29) is 0 Å². The van der Waals surface area contributed by atoms with Gasteiger partial charge in [-0.25, -0.2) is 0 Å². The van der Waals surface area contributed by atoms with Crippen molar-refractivity contribution in [1.29, 1.82) is 0 Å². The van der Waals surface area contributed by atoms with E-state index >= 15 is 0 Å². The summed E-state index contributed by atoms with van der Waals surface area (Å²) in [6.45, 7) is 7.63. The molecule has 0 bridgehead atoms. The fourth-order valence-electron chi connectivity index (χ4n) is 2.25. The van der Waals surface area contributed by atoms with Gasteiger partial charge in [0.15, 0.2) is 0 Å². The number of aryl methyl sites for hydroxylation is 2. The summed E-state index contributed by atoms with van der Waals surface area (Å²) in [6, 6.07) is 6.40. The maximum atomic E-state index is 5.60. The number of halogens is 1. The predicted molar refractivity (Wildman–Crippen MR) is 78.6 cm³/mol. The van der Waals surface area contributed by atoms with Crippen LogP contribution in [0.25, 0.3) is 11.1 Å². The van der Waals surface area contributed by atoms with E-state index in [0.29, 0.717) is 6.54 Å². The molecule has 0 saturated heterocycles. The van der Waals surface area contributed by atoms with Gasteiger partial charge >= 0.3 is 0 Å². The normalized spacial score (nSPS) is 10.9. The predicted octanol–water partition coefficient (Wildman–Crippen LogP) is 3.20. The van der Waals surface area contributed by atoms with Crippen LogP contribution in [0.3, 0.4) is 0 Å². The van der Waals surface area contributed by atoms with Crippen molar-refractivity contribution in [3.8, 4) is 11.1 Å². The first-order valence-corrected chi connectivity index (χ1v) is 6.84. The number of hydrogen-bond donors (Lipinski definition) is 1. The molecular weight excluding hydrogens is 290 g/mol. The Kier molecular flexibility index (Phi) is 3.88. The Morgan fingerprint density at radius 3 is 2.61 bits per heavy atom. The highest BCUT2D eigenvalue weighted by atomic mass is 79.9. The summed E-state index contributed by atoms with van der Waals surface area (Å²) in [5, 5.41) is 4.55. The first-order valence-electron chi connectivity index (χ1n) is 6.05. The SMILES string of the molecule is Cc1cc(-c2c(C)nn(CCN)c2C)ccc1Br. The molecule has 0 unspecified atom stereocenters. The molecule has 0 amide bonds. The molecule has 2 N–H and O–H groups in total. The minimum atomic E-state index is 0.612. The van der Waals surface area contributed by atoms with Crippen LogP contribution in [0.1, 0.15) is 17.0 Å². The summed E-state index contributed by atoms with van der Waals surface area (Å²) in [5.74, 6) is 0. The summed E-state index contributed by atoms with van der Waals surface area (Å²) in [6.07, 6.45) is 0. The zero-order chi connectivity index (χ0) is 13.3. The highest BCUT2D eigenvalue weighted by Crippen LogP contribution is 2.29. The molecule has 18 heavy (non-hydrogen) atoms. The standard InChI is InChI=1S/C14H18BrN3/c1-9-8-12(4-5-13(9)15)14-10(2)17-18(7-6-16)11(14)3/h4-5,8H,6-7,16H2,1-3H3. The van der Waals surface area contributed by atoms with E-state index in [4.69, 9.17) is 5.73 Å². The van der Waals surface area contributed by atoms with Crippen LogP contribution in [-0.4, -0.2) is 16.3 Å². The summed E-state index contributed by atoms with van der Waals surface area (Å²) < 4.78 is 3.12. The van der Waals surface area contributed by atoms with Crippen LogP contribution >= 0.6 is 15.9 Å². The van der Waals surface area contributed by atoms with Crippen LogP contribution in [0, 0.1) is 20.8 Å². The smallest absolute Gasteiger partial charge is 0.0674 e. The largest absolute Gasteiger partial charge is 0.329 e. The average molecular weight is 308 g/mol. The molecule has 0 aliphatic heterocycles. The number of hydrogen-bond acceptors (Lipinski definition) is 2. The van der Waals surface area contributed by atoms with E-state index < -0.39 is 0 Å². The number of nitrogens with two attached hydrogens (primary N) is 1. The Morgan fingerprint density at radius 2 is 2.00 bits per heavy atom. The van der Waals surface area contributed by atoms with E-state index in [2.05, 4.69) is 53.1 Å². The maximum Gasteiger partial charge on any atom is 0.0674 e. The Morgan fingerprint density at radius 1 is 1.28 bits per heavy atom. The lowest BCUT2D eigenvalue weighted by molar-refractivity contribution is 0.604. The van der Waals surface area contributed by atoms with E-state index in [1.165, 1.54) is 22.4 Å². The molecule has 0 atom stereocenters. The van der Waals surface area contributed by atoms with Gasteiger partial charge in [-0.2, -0.15) is 5.10 Å². The highest BCUT2D eigenvalue weighted by Gasteiger charge is 2.13. The number of benzene rings is 1. The molecule has 1 heterocycles. The van der Waals surface area contributed by atoms with Gasteiger partial charge in [0, 0.05) is 22.3 Å². The van der Waals surface area contributed by atoms with Crippen LogP contribution in [0.4, 0.5) is 0 Å². The quantitative estimate of drug-likeness (QED) is 0.946. The summed E-state index contributed by atoms with van der Waals surface area (Å²) >= 11 is 3.53. The second-order valence-corrected chi connectivity index (χ2v) is 5.38. The Labute approximate surface area is 116 Å². The summed E-state index contributed by atoms with van der Waals surface area (Å²) in [4.78, 5) is 0. The Hall–Kier alpha value is -1.13. The monoisotopic (exact) mass is 307 g/mol. The van der Waals surface area contributed by atoms with Crippen LogP contribution in [0.5, 0.6) is 0 Å². The molecule has 4 heteroatoms. The van der Waals surface area contributed by atoms with Crippen molar-refractivity contribution in [3.63, 3.8) is 0 Å². The third kappa shape index (κ3) is 2.35. The van der Waals surface area contributed by atoms with Gasteiger partial charge in [0.25, 0.3) is 0 Å². The summed E-state index contributed by atoms with van der Waals surface area (Å²) in [5.41, 5.74) is 11.5. The van der Waals surface area contributed by atoms with E-state index in [0.717, 1.165) is 16.7 Å². The van der Waals surface area contributed by atoms with Gasteiger partial charge in [-0.3, -0.25) is 4.68 Å². The van der Waals surface area contributed by atoms with Gasteiger partial charge in [-0.1, -0.05) is 28.1 Å². The van der Waals surface area contributed by atoms with Crippen LogP contribution in [-0.2, 0) is 6.54 Å². The lowest BCUT2D eigenvalue weighted by atomic mass is 10.0. The lowest BCUT2D eigenvalue weighted by Crippen LogP contribution is -2.12. The maximum absolute atomic E-state index is 5.60. The Balaban J connectivity index is 2.53. The van der Waals surface area contributed by atoms with Crippen molar-refractivity contribution >= 4 is 15.9 Å². The number of nitrogens with zero attached hydrogens (tertiary/aromatic N) is 2. The molecule has 0 spiro atoms. The summed E-state index contributed by atoms with van der Waals surface area (Å²) in [7, 11) is 0. The second kappa shape index (κ2) is 5.24. The number of aromatic nitrogens is 2. The zero-order valence-corrected chi connectivity index (χ0v) is 12.6. The van der Waals surface area contributed by atoms with Crippen LogP contribution in [0.2, 0.25) is 0 Å². The van der Waals surface area contributed by atoms with Crippen molar-refractivity contribution in [2.75, 3.05) is 6.54 Å². The van der Waals surface area contributed by atoms with Crippen LogP contribution < -0.4 is 5.73 Å². The minimum Gasteiger partial charge on any atom is -0.329 e. The minimum absolute atomic E-state index is 0.612. The van der Waals surface area contributed by atoms with Gasteiger partial charge in [0.05, 0.1) is 12.2 Å². The zero-order valence-electron chi connectivity index (χ0n) is 11.0. The molecule has 1 aromatic heterocycles. The van der Waals surface area contributed by atoms with Crippen molar-refractivity contribution in [3.05, 3.63) is 39.6 Å². The molecule has 0 radical (unpaired) electrons. The van der Waals surface area contributed by atoms with Crippen LogP contribution in [0.15, 0.2) is 22.7 Å². The van der Waals surface area contributed by atoms with E-state index in [1.807, 2.05) is 11.6 Å². The van der Waals surface area contributed by atoms with E-state index in [9.17, 15) is 0 Å². The van der Waals surface area contributed by atoms with Crippen molar-refractivity contribution in [1.82, 2.24) is 9.78 Å². The highest BCUT2D eigenvalue weighted by molar-refractivity contribution is 9.10. The average Bonchev–Trinajstić information content (AvgIpc) is 2.59. The van der Waals surface area contributed by atoms with Gasteiger partial charge in [0.1, 0.15) is 0 Å². The molecule has 0 fully saturated rings. The van der Waals surface area contributed by atoms with Gasteiger partial charge in [-0.15, -0.1) is 0 Å². The molecule has 0 aliphatic carbocycles. The third-order valence-corrected chi connectivity index (χ3v) is 4.06. The van der Waals surface area contributed by atoms with Crippen molar-refractivity contribution in [2.45, 2.75) is 27.3 Å². The molecule has 0 saturated carbocycles. The molecule has 96 valence electrons. The first kappa shape index (κ1) is 13.3. The first-order chi connectivity index (χ1) is 8.54. The molecule has 2 aromatic rings. The van der Waals surface area contributed by atoms with E-state index in [1.54, 1.807) is 0 Å². The molecule has 1 aromatic carbocycles. The molecule has 0 aliphatic rings. The number of rotatable bonds is 3. The fourth-order valence-corrected chi connectivity index (χ4v) is 2.50. The molecule has 3 nitrogen and oxygen atoms in total. The van der Waals surface area contributed by atoms with Gasteiger partial charge in [-0.05, 0) is 38.0 Å². The fraction of sp³-hybridized carbons (Fsp3) is 0.357. The van der Waals surface area contributed by atoms with Gasteiger partial charge in [0.2, 0.25) is 0 Å².